The minimum absolute atomic E-state index is 0.553. The normalized spacial score (nSPS) is 11.4. The summed E-state index contributed by atoms with van der Waals surface area (Å²) in [4.78, 5) is 14.1. The van der Waals surface area contributed by atoms with Gasteiger partial charge in [0.15, 0.2) is 11.3 Å². The molecule has 120 valence electrons. The van der Waals surface area contributed by atoms with E-state index >= 15 is 0 Å². The molecule has 2 aromatic carbocycles. The maximum atomic E-state index is 6.37. The van der Waals surface area contributed by atoms with Crippen molar-refractivity contribution in [1.29, 1.82) is 0 Å². The highest BCUT2D eigenvalue weighted by molar-refractivity contribution is 6.33. The van der Waals surface area contributed by atoms with E-state index in [1.807, 2.05) is 53.1 Å². The lowest BCUT2D eigenvalue weighted by Crippen LogP contribution is -2.07. The summed E-state index contributed by atoms with van der Waals surface area (Å²) in [6.07, 6.45) is 0. The molecule has 0 spiro atoms. The molecule has 0 N–H and O–H groups in total. The van der Waals surface area contributed by atoms with E-state index in [1.54, 1.807) is 7.11 Å². The summed E-state index contributed by atoms with van der Waals surface area (Å²) in [5, 5.41) is 0.649. The zero-order valence-corrected chi connectivity index (χ0v) is 13.9. The van der Waals surface area contributed by atoms with E-state index in [1.165, 1.54) is 0 Å². The van der Waals surface area contributed by atoms with Crippen molar-refractivity contribution < 1.29 is 4.74 Å². The maximum Gasteiger partial charge on any atom is 0.198 e. The average molecular weight is 339 g/mol. The van der Waals surface area contributed by atoms with Gasteiger partial charge in [0.05, 0.1) is 22.7 Å². The number of fused-ring (bicyclic) bond motifs is 2. The van der Waals surface area contributed by atoms with Crippen molar-refractivity contribution in [3.8, 4) is 11.4 Å². The topological polar surface area (TPSA) is 52.8 Å². The Bertz CT molecular complexity index is 1030. The first kappa shape index (κ1) is 15.1. The van der Waals surface area contributed by atoms with Crippen molar-refractivity contribution in [2.45, 2.75) is 6.54 Å². The smallest absolute Gasteiger partial charge is 0.198 e. The van der Waals surface area contributed by atoms with Gasteiger partial charge in [-0.2, -0.15) is 0 Å². The number of methoxy groups -OCH3 is 1. The predicted octanol–water partition coefficient (Wildman–Crippen LogP) is 3.95. The first-order valence-electron chi connectivity index (χ1n) is 7.65. The number of rotatable bonds is 4. The van der Waals surface area contributed by atoms with Gasteiger partial charge in [-0.3, -0.25) is 0 Å². The van der Waals surface area contributed by atoms with Crippen LogP contribution in [0.15, 0.2) is 48.5 Å². The van der Waals surface area contributed by atoms with Gasteiger partial charge in [0, 0.05) is 19.2 Å². The maximum absolute atomic E-state index is 6.37. The van der Waals surface area contributed by atoms with E-state index in [2.05, 4.69) is 4.98 Å². The number of hydrogen-bond donors (Lipinski definition) is 0. The summed E-state index contributed by atoms with van der Waals surface area (Å²) in [5.74, 6) is 0.753. The number of benzene rings is 2. The zero-order chi connectivity index (χ0) is 16.5. The Morgan fingerprint density at radius 3 is 2.42 bits per heavy atom. The summed E-state index contributed by atoms with van der Waals surface area (Å²) in [6.45, 7) is 1.18. The van der Waals surface area contributed by atoms with Gasteiger partial charge in [0.1, 0.15) is 5.82 Å². The summed E-state index contributed by atoms with van der Waals surface area (Å²) in [6, 6.07) is 15.4. The van der Waals surface area contributed by atoms with Crippen LogP contribution in [-0.4, -0.2) is 33.2 Å². The number of hydrogen-bond acceptors (Lipinski definition) is 4. The molecule has 5 nitrogen and oxygen atoms in total. The number of aromatic nitrogens is 4. The summed E-state index contributed by atoms with van der Waals surface area (Å²) < 4.78 is 7.26. The van der Waals surface area contributed by atoms with Crippen LogP contribution in [0.1, 0.15) is 0 Å². The van der Waals surface area contributed by atoms with Crippen LogP contribution in [0.3, 0.4) is 0 Å². The van der Waals surface area contributed by atoms with Crippen molar-refractivity contribution in [2.24, 2.45) is 0 Å². The summed E-state index contributed by atoms with van der Waals surface area (Å²) >= 11 is 6.37. The molecule has 0 aliphatic rings. The number of para-hydroxylation sites is 2. The standard InChI is InChI=1S/C18H15ClN4O/c1-24-11-10-23-17(12-6-2-3-7-13(12)19)22-16-18(23)21-15-9-5-4-8-14(15)20-16/h2-9H,10-11H2,1H3. The fraction of sp³-hybridized carbons (Fsp3) is 0.167. The molecule has 0 radical (unpaired) electrons. The van der Waals surface area contributed by atoms with Crippen LogP contribution in [0.25, 0.3) is 33.7 Å². The lowest BCUT2D eigenvalue weighted by atomic mass is 10.2. The average Bonchev–Trinajstić information content (AvgIpc) is 2.95. The lowest BCUT2D eigenvalue weighted by Gasteiger charge is -2.09. The summed E-state index contributed by atoms with van der Waals surface area (Å²) in [5.41, 5.74) is 3.88. The minimum atomic E-state index is 0.553. The second-order valence-electron chi connectivity index (χ2n) is 5.42. The van der Waals surface area contributed by atoms with Crippen LogP contribution in [0.4, 0.5) is 0 Å². The fourth-order valence-corrected chi connectivity index (χ4v) is 2.96. The predicted molar refractivity (Wildman–Crippen MR) is 95.2 cm³/mol. The van der Waals surface area contributed by atoms with Crippen molar-refractivity contribution in [3.63, 3.8) is 0 Å². The first-order chi connectivity index (χ1) is 11.8. The quantitative estimate of drug-likeness (QED) is 0.565. The Morgan fingerprint density at radius 1 is 0.958 bits per heavy atom. The van der Waals surface area contributed by atoms with E-state index in [0.717, 1.165) is 28.1 Å². The van der Waals surface area contributed by atoms with Crippen molar-refractivity contribution in [2.75, 3.05) is 13.7 Å². The molecule has 2 aromatic heterocycles. The van der Waals surface area contributed by atoms with Gasteiger partial charge in [-0.05, 0) is 24.3 Å². The molecule has 0 saturated carbocycles. The van der Waals surface area contributed by atoms with Crippen LogP contribution in [0.2, 0.25) is 5.02 Å². The summed E-state index contributed by atoms with van der Waals surface area (Å²) in [7, 11) is 1.68. The number of ether oxygens (including phenoxy) is 1. The second-order valence-corrected chi connectivity index (χ2v) is 5.83. The third-order valence-electron chi connectivity index (χ3n) is 3.89. The molecule has 24 heavy (non-hydrogen) atoms. The third-order valence-corrected chi connectivity index (χ3v) is 4.22. The molecule has 4 aromatic rings. The lowest BCUT2D eigenvalue weighted by molar-refractivity contribution is 0.188. The Labute approximate surface area is 143 Å². The highest BCUT2D eigenvalue weighted by Crippen LogP contribution is 2.29. The van der Waals surface area contributed by atoms with E-state index in [9.17, 15) is 0 Å². The minimum Gasteiger partial charge on any atom is -0.383 e. The highest BCUT2D eigenvalue weighted by atomic mass is 35.5. The van der Waals surface area contributed by atoms with Gasteiger partial charge in [0.2, 0.25) is 0 Å². The molecule has 0 bridgehead atoms. The first-order valence-corrected chi connectivity index (χ1v) is 8.02. The molecule has 0 aliphatic carbocycles. The molecule has 0 aliphatic heterocycles. The molecule has 6 heteroatoms. The third kappa shape index (κ3) is 2.52. The Hall–Kier alpha value is -2.50. The molecule has 4 rings (SSSR count). The van der Waals surface area contributed by atoms with Crippen molar-refractivity contribution >= 4 is 33.9 Å². The van der Waals surface area contributed by atoms with Gasteiger partial charge in [-0.25, -0.2) is 15.0 Å². The van der Waals surface area contributed by atoms with Crippen LogP contribution < -0.4 is 0 Å². The van der Waals surface area contributed by atoms with Gasteiger partial charge in [0.25, 0.3) is 0 Å². The molecule has 0 atom stereocenters. The Balaban J connectivity index is 2.01. The van der Waals surface area contributed by atoms with E-state index < -0.39 is 0 Å². The number of nitrogens with zero attached hydrogens (tertiary/aromatic N) is 4. The molecule has 0 unspecified atom stereocenters. The number of halogens is 1. The molecular weight excluding hydrogens is 324 g/mol. The van der Waals surface area contributed by atoms with Crippen LogP contribution in [-0.2, 0) is 11.3 Å². The molecule has 0 saturated heterocycles. The SMILES string of the molecule is COCCn1c(-c2ccccc2Cl)nc2nc3ccccc3nc21. The van der Waals surface area contributed by atoms with Crippen molar-refractivity contribution in [1.82, 2.24) is 19.5 Å². The molecular formula is C18H15ClN4O. The van der Waals surface area contributed by atoms with Crippen LogP contribution in [0, 0.1) is 0 Å². The van der Waals surface area contributed by atoms with Gasteiger partial charge < -0.3 is 9.30 Å². The fourth-order valence-electron chi connectivity index (χ4n) is 2.74. The monoisotopic (exact) mass is 338 g/mol. The van der Waals surface area contributed by atoms with Gasteiger partial charge in [-0.15, -0.1) is 0 Å². The molecule has 0 amide bonds. The zero-order valence-electron chi connectivity index (χ0n) is 13.1. The molecule has 2 heterocycles. The number of imidazole rings is 1. The molecule has 0 fully saturated rings. The Morgan fingerprint density at radius 2 is 1.67 bits per heavy atom. The Kier molecular flexibility index (Phi) is 3.88. The van der Waals surface area contributed by atoms with Gasteiger partial charge in [-0.1, -0.05) is 35.9 Å². The van der Waals surface area contributed by atoms with E-state index in [4.69, 9.17) is 26.3 Å². The highest BCUT2D eigenvalue weighted by Gasteiger charge is 2.17. The van der Waals surface area contributed by atoms with Crippen LogP contribution >= 0.6 is 11.6 Å². The second kappa shape index (κ2) is 6.19. The van der Waals surface area contributed by atoms with Crippen LogP contribution in [0.5, 0.6) is 0 Å². The van der Waals surface area contributed by atoms with Gasteiger partial charge >= 0.3 is 0 Å². The van der Waals surface area contributed by atoms with E-state index in [-0.39, 0.29) is 0 Å². The largest absolute Gasteiger partial charge is 0.383 e. The van der Waals surface area contributed by atoms with Crippen molar-refractivity contribution in [3.05, 3.63) is 53.6 Å². The van der Waals surface area contributed by atoms with E-state index in [0.29, 0.717) is 23.8 Å².